The largest absolute Gasteiger partial charge is 0.340 e. The number of aromatic nitrogens is 2. The fraction of sp³-hybridized carbons (Fsp3) is 0.636. The molecule has 2 rings (SSSR count). The van der Waals surface area contributed by atoms with Crippen LogP contribution in [0.1, 0.15) is 16.3 Å². The SMILES string of the molecule is Cc1ncc(C(=O)CN2CCN(C)CC2)[nH]1. The summed E-state index contributed by atoms with van der Waals surface area (Å²) in [5.74, 6) is 0.923. The average molecular weight is 222 g/mol. The molecule has 5 heteroatoms. The Morgan fingerprint density at radius 3 is 2.69 bits per heavy atom. The molecule has 0 aromatic carbocycles. The molecule has 0 amide bonds. The van der Waals surface area contributed by atoms with Crippen molar-refractivity contribution in [2.75, 3.05) is 39.8 Å². The summed E-state index contributed by atoms with van der Waals surface area (Å²) < 4.78 is 0. The molecule has 0 radical (unpaired) electrons. The summed E-state index contributed by atoms with van der Waals surface area (Å²) in [7, 11) is 2.11. The minimum Gasteiger partial charge on any atom is -0.340 e. The number of H-pyrrole nitrogens is 1. The van der Waals surface area contributed by atoms with Gasteiger partial charge in [-0.3, -0.25) is 9.69 Å². The number of hydrogen-bond donors (Lipinski definition) is 1. The summed E-state index contributed by atoms with van der Waals surface area (Å²) in [6, 6.07) is 0. The zero-order chi connectivity index (χ0) is 11.5. The van der Waals surface area contributed by atoms with Gasteiger partial charge in [-0.25, -0.2) is 4.98 Å². The smallest absolute Gasteiger partial charge is 0.194 e. The summed E-state index contributed by atoms with van der Waals surface area (Å²) >= 11 is 0. The van der Waals surface area contributed by atoms with E-state index >= 15 is 0 Å². The highest BCUT2D eigenvalue weighted by Gasteiger charge is 2.18. The Kier molecular flexibility index (Phi) is 3.36. The predicted molar refractivity (Wildman–Crippen MR) is 61.6 cm³/mol. The van der Waals surface area contributed by atoms with Crippen molar-refractivity contribution in [2.45, 2.75) is 6.92 Å². The van der Waals surface area contributed by atoms with Crippen molar-refractivity contribution < 1.29 is 4.79 Å². The minimum atomic E-state index is 0.130. The second kappa shape index (κ2) is 4.76. The second-order valence-corrected chi connectivity index (χ2v) is 4.38. The van der Waals surface area contributed by atoms with Crippen LogP contribution in [-0.2, 0) is 0 Å². The molecule has 0 atom stereocenters. The molecule has 1 aromatic rings. The predicted octanol–water partition coefficient (Wildman–Crippen LogP) is 0.148. The third kappa shape index (κ3) is 2.68. The van der Waals surface area contributed by atoms with Gasteiger partial charge in [0.1, 0.15) is 11.5 Å². The number of nitrogens with one attached hydrogen (secondary N) is 1. The van der Waals surface area contributed by atoms with Gasteiger partial charge in [0, 0.05) is 26.2 Å². The molecular formula is C11H18N4O. The van der Waals surface area contributed by atoms with E-state index in [1.165, 1.54) is 0 Å². The van der Waals surface area contributed by atoms with E-state index in [0.717, 1.165) is 32.0 Å². The van der Waals surface area contributed by atoms with Gasteiger partial charge in [-0.05, 0) is 14.0 Å². The Morgan fingerprint density at radius 1 is 1.44 bits per heavy atom. The summed E-state index contributed by atoms with van der Waals surface area (Å²) in [4.78, 5) is 23.4. The first-order valence-corrected chi connectivity index (χ1v) is 5.61. The first-order valence-electron chi connectivity index (χ1n) is 5.61. The Hall–Kier alpha value is -1.20. The maximum atomic E-state index is 11.9. The summed E-state index contributed by atoms with van der Waals surface area (Å²) in [6.07, 6.45) is 1.62. The van der Waals surface area contributed by atoms with Crippen LogP contribution in [0.25, 0.3) is 0 Å². The van der Waals surface area contributed by atoms with Gasteiger partial charge in [0.15, 0.2) is 5.78 Å². The quantitative estimate of drug-likeness (QED) is 0.740. The van der Waals surface area contributed by atoms with E-state index in [2.05, 4.69) is 26.8 Å². The maximum absolute atomic E-state index is 11.9. The summed E-state index contributed by atoms with van der Waals surface area (Å²) in [6.45, 7) is 6.36. The van der Waals surface area contributed by atoms with Crippen molar-refractivity contribution >= 4 is 5.78 Å². The normalized spacial score (nSPS) is 18.9. The van der Waals surface area contributed by atoms with Crippen molar-refractivity contribution in [3.63, 3.8) is 0 Å². The van der Waals surface area contributed by atoms with Crippen LogP contribution >= 0.6 is 0 Å². The molecule has 2 heterocycles. The molecule has 1 aromatic heterocycles. The number of nitrogens with zero attached hydrogens (tertiary/aromatic N) is 3. The second-order valence-electron chi connectivity index (χ2n) is 4.38. The molecule has 0 bridgehead atoms. The lowest BCUT2D eigenvalue weighted by molar-refractivity contribution is 0.0872. The van der Waals surface area contributed by atoms with E-state index in [0.29, 0.717) is 12.2 Å². The molecular weight excluding hydrogens is 204 g/mol. The van der Waals surface area contributed by atoms with Gasteiger partial charge in [0.2, 0.25) is 0 Å². The number of carbonyl (C=O) groups is 1. The lowest BCUT2D eigenvalue weighted by Crippen LogP contribution is -2.46. The summed E-state index contributed by atoms with van der Waals surface area (Å²) in [5.41, 5.74) is 0.622. The van der Waals surface area contributed by atoms with Gasteiger partial charge < -0.3 is 9.88 Å². The molecule has 1 fully saturated rings. The number of carbonyl (C=O) groups excluding carboxylic acids is 1. The molecule has 1 N–H and O–H groups in total. The van der Waals surface area contributed by atoms with E-state index in [1.54, 1.807) is 6.20 Å². The van der Waals surface area contributed by atoms with Crippen molar-refractivity contribution in [1.29, 1.82) is 0 Å². The van der Waals surface area contributed by atoms with E-state index < -0.39 is 0 Å². The number of ketones is 1. The van der Waals surface area contributed by atoms with Crippen molar-refractivity contribution in [1.82, 2.24) is 19.8 Å². The number of Topliss-reactive ketones (excluding diaryl/α,β-unsaturated/α-hetero) is 1. The number of likely N-dealkylation sites (N-methyl/N-ethyl adjacent to an activating group) is 1. The highest BCUT2D eigenvalue weighted by molar-refractivity contribution is 5.95. The van der Waals surface area contributed by atoms with Gasteiger partial charge in [-0.15, -0.1) is 0 Å². The maximum Gasteiger partial charge on any atom is 0.194 e. The number of piperazine rings is 1. The molecule has 0 aliphatic carbocycles. The van der Waals surface area contributed by atoms with Crippen molar-refractivity contribution in [3.05, 3.63) is 17.7 Å². The third-order valence-corrected chi connectivity index (χ3v) is 2.97. The Labute approximate surface area is 95.5 Å². The fourth-order valence-corrected chi connectivity index (χ4v) is 1.86. The molecule has 1 saturated heterocycles. The van der Waals surface area contributed by atoms with Crippen LogP contribution in [0.3, 0.4) is 0 Å². The van der Waals surface area contributed by atoms with E-state index in [4.69, 9.17) is 0 Å². The minimum absolute atomic E-state index is 0.130. The van der Waals surface area contributed by atoms with Crippen LogP contribution in [-0.4, -0.2) is 65.3 Å². The van der Waals surface area contributed by atoms with Gasteiger partial charge in [0.25, 0.3) is 0 Å². The van der Waals surface area contributed by atoms with Crippen LogP contribution in [0.4, 0.5) is 0 Å². The van der Waals surface area contributed by atoms with Crippen LogP contribution in [0, 0.1) is 6.92 Å². The highest BCUT2D eigenvalue weighted by Crippen LogP contribution is 2.03. The molecule has 88 valence electrons. The number of hydrogen-bond acceptors (Lipinski definition) is 4. The van der Waals surface area contributed by atoms with Gasteiger partial charge >= 0.3 is 0 Å². The number of imidazole rings is 1. The Balaban J connectivity index is 1.88. The van der Waals surface area contributed by atoms with Crippen molar-refractivity contribution in [3.8, 4) is 0 Å². The number of aromatic amines is 1. The van der Waals surface area contributed by atoms with Crippen LogP contribution in [0.2, 0.25) is 0 Å². The first kappa shape index (κ1) is 11.3. The molecule has 1 aliphatic rings. The average Bonchev–Trinajstić information content (AvgIpc) is 2.68. The molecule has 0 saturated carbocycles. The van der Waals surface area contributed by atoms with Crippen LogP contribution < -0.4 is 0 Å². The topological polar surface area (TPSA) is 52.2 Å². The Bertz CT molecular complexity index is 366. The number of rotatable bonds is 3. The lowest BCUT2D eigenvalue weighted by atomic mass is 10.2. The zero-order valence-corrected chi connectivity index (χ0v) is 9.86. The van der Waals surface area contributed by atoms with E-state index in [9.17, 15) is 4.79 Å². The first-order chi connectivity index (χ1) is 7.65. The zero-order valence-electron chi connectivity index (χ0n) is 9.86. The molecule has 16 heavy (non-hydrogen) atoms. The van der Waals surface area contributed by atoms with Crippen LogP contribution in [0.15, 0.2) is 6.20 Å². The standard InChI is InChI=1S/C11H18N4O/c1-9-12-7-10(13-9)11(16)8-15-5-3-14(2)4-6-15/h7H,3-6,8H2,1-2H3,(H,12,13). The highest BCUT2D eigenvalue weighted by atomic mass is 16.1. The monoisotopic (exact) mass is 222 g/mol. The molecule has 5 nitrogen and oxygen atoms in total. The molecule has 0 spiro atoms. The molecule has 0 unspecified atom stereocenters. The lowest BCUT2D eigenvalue weighted by Gasteiger charge is -2.31. The van der Waals surface area contributed by atoms with Gasteiger partial charge in [-0.1, -0.05) is 0 Å². The molecule has 1 aliphatic heterocycles. The summed E-state index contributed by atoms with van der Waals surface area (Å²) in [5, 5.41) is 0. The van der Waals surface area contributed by atoms with Crippen LogP contribution in [0.5, 0.6) is 0 Å². The van der Waals surface area contributed by atoms with Gasteiger partial charge in [-0.2, -0.15) is 0 Å². The van der Waals surface area contributed by atoms with Crippen molar-refractivity contribution in [2.24, 2.45) is 0 Å². The Morgan fingerprint density at radius 2 is 2.12 bits per heavy atom. The van der Waals surface area contributed by atoms with E-state index in [-0.39, 0.29) is 5.78 Å². The van der Waals surface area contributed by atoms with E-state index in [1.807, 2.05) is 6.92 Å². The number of aryl methyl sites for hydroxylation is 1. The van der Waals surface area contributed by atoms with Gasteiger partial charge in [0.05, 0.1) is 12.7 Å². The fourth-order valence-electron chi connectivity index (χ4n) is 1.86. The third-order valence-electron chi connectivity index (χ3n) is 2.97.